The van der Waals surface area contributed by atoms with Gasteiger partial charge in [0.2, 0.25) is 5.95 Å². The van der Waals surface area contributed by atoms with Crippen LogP contribution in [-0.4, -0.2) is 16.3 Å². The van der Waals surface area contributed by atoms with Crippen LogP contribution in [-0.2, 0) is 5.54 Å². The van der Waals surface area contributed by atoms with Gasteiger partial charge in [0.25, 0.3) is 0 Å². The molecular formula is C16H14ClFN2S. The minimum absolute atomic E-state index is 0.246. The monoisotopic (exact) mass is 320 g/mol. The number of halogens is 2. The third kappa shape index (κ3) is 2.97. The van der Waals surface area contributed by atoms with Crippen molar-refractivity contribution in [2.24, 2.45) is 4.99 Å². The van der Waals surface area contributed by atoms with Crippen molar-refractivity contribution in [1.82, 2.24) is 4.98 Å². The predicted octanol–water partition coefficient (Wildman–Crippen LogP) is 4.92. The zero-order valence-corrected chi connectivity index (χ0v) is 13.1. The van der Waals surface area contributed by atoms with Gasteiger partial charge in [-0.1, -0.05) is 29.8 Å². The van der Waals surface area contributed by atoms with Crippen molar-refractivity contribution in [3.05, 3.63) is 53.1 Å². The quantitative estimate of drug-likeness (QED) is 0.734. The van der Waals surface area contributed by atoms with E-state index in [-0.39, 0.29) is 5.54 Å². The fourth-order valence-corrected chi connectivity index (χ4v) is 3.48. The Hall–Kier alpha value is -1.39. The van der Waals surface area contributed by atoms with Gasteiger partial charge in [0, 0.05) is 17.5 Å². The van der Waals surface area contributed by atoms with Crippen LogP contribution in [0.15, 0.2) is 41.5 Å². The van der Waals surface area contributed by atoms with Crippen molar-refractivity contribution in [3.8, 4) is 11.1 Å². The molecule has 0 fully saturated rings. The van der Waals surface area contributed by atoms with Crippen LogP contribution < -0.4 is 0 Å². The first-order valence-electron chi connectivity index (χ1n) is 6.66. The first-order valence-corrected chi connectivity index (χ1v) is 8.08. The van der Waals surface area contributed by atoms with Gasteiger partial charge >= 0.3 is 0 Å². The highest BCUT2D eigenvalue weighted by atomic mass is 35.5. The molecule has 0 amide bonds. The fourth-order valence-electron chi connectivity index (χ4n) is 2.39. The van der Waals surface area contributed by atoms with Gasteiger partial charge in [0.1, 0.15) is 0 Å². The van der Waals surface area contributed by atoms with E-state index in [9.17, 15) is 4.39 Å². The van der Waals surface area contributed by atoms with Crippen molar-refractivity contribution >= 4 is 28.9 Å². The molecule has 2 heterocycles. The van der Waals surface area contributed by atoms with Crippen LogP contribution >= 0.6 is 23.4 Å². The number of benzene rings is 1. The molecule has 1 aliphatic rings. The van der Waals surface area contributed by atoms with Crippen molar-refractivity contribution in [2.75, 3.05) is 5.75 Å². The number of hydrogen-bond donors (Lipinski definition) is 0. The zero-order chi connectivity index (χ0) is 14.9. The van der Waals surface area contributed by atoms with Gasteiger partial charge in [0.05, 0.1) is 16.1 Å². The maximum absolute atomic E-state index is 13.9. The number of thioether (sulfide) groups is 1. The third-order valence-corrected chi connectivity index (χ3v) is 4.62. The van der Waals surface area contributed by atoms with Gasteiger partial charge in [-0.3, -0.25) is 4.99 Å². The second kappa shape index (κ2) is 5.78. The molecule has 0 spiro atoms. The normalized spacial score (nSPS) is 21.5. The molecule has 1 atom stereocenters. The van der Waals surface area contributed by atoms with Crippen LogP contribution in [0.3, 0.4) is 0 Å². The molecule has 108 valence electrons. The van der Waals surface area contributed by atoms with E-state index in [4.69, 9.17) is 11.6 Å². The van der Waals surface area contributed by atoms with Crippen LogP contribution in [0, 0.1) is 5.95 Å². The van der Waals surface area contributed by atoms with Crippen LogP contribution in [0.5, 0.6) is 0 Å². The summed E-state index contributed by atoms with van der Waals surface area (Å²) in [4.78, 5) is 8.29. The Balaban J connectivity index is 2.06. The second-order valence-corrected chi connectivity index (χ2v) is 6.59. The lowest BCUT2D eigenvalue weighted by atomic mass is 9.88. The predicted molar refractivity (Wildman–Crippen MR) is 87.6 cm³/mol. The van der Waals surface area contributed by atoms with E-state index in [0.29, 0.717) is 10.6 Å². The smallest absolute Gasteiger partial charge is 0.220 e. The summed E-state index contributed by atoms with van der Waals surface area (Å²) in [6, 6.07) is 9.40. The Bertz CT molecular complexity index is 704. The van der Waals surface area contributed by atoms with Crippen LogP contribution in [0.1, 0.15) is 18.9 Å². The molecule has 0 saturated carbocycles. The molecule has 2 nitrogen and oxygen atoms in total. The van der Waals surface area contributed by atoms with Gasteiger partial charge in [-0.05, 0) is 36.6 Å². The Morgan fingerprint density at radius 2 is 2.19 bits per heavy atom. The first-order chi connectivity index (χ1) is 10.1. The van der Waals surface area contributed by atoms with E-state index in [1.165, 1.54) is 6.20 Å². The number of pyridine rings is 1. The lowest BCUT2D eigenvalue weighted by Gasteiger charge is -2.28. The molecule has 1 aromatic heterocycles. The summed E-state index contributed by atoms with van der Waals surface area (Å²) < 4.78 is 13.9. The molecule has 0 aliphatic carbocycles. The van der Waals surface area contributed by atoms with Crippen LogP contribution in [0.2, 0.25) is 5.02 Å². The van der Waals surface area contributed by atoms with E-state index in [1.54, 1.807) is 17.8 Å². The standard InChI is InChI=1S/C16H14ClFN2S/c1-16(5-6-21-10-20-16)12-4-2-3-11(7-12)14-8-13(17)9-19-15(14)18/h2-4,7-10H,5-6H2,1H3/t16-/m0/s1. The molecule has 21 heavy (non-hydrogen) atoms. The Kier molecular flexibility index (Phi) is 4.00. The van der Waals surface area contributed by atoms with E-state index in [0.717, 1.165) is 23.3 Å². The van der Waals surface area contributed by atoms with Gasteiger partial charge in [-0.2, -0.15) is 4.39 Å². The van der Waals surface area contributed by atoms with Crippen molar-refractivity contribution < 1.29 is 4.39 Å². The van der Waals surface area contributed by atoms with Gasteiger partial charge in [-0.15, -0.1) is 11.8 Å². The van der Waals surface area contributed by atoms with Crippen LogP contribution in [0.25, 0.3) is 11.1 Å². The number of rotatable bonds is 2. The average Bonchev–Trinajstić information content (AvgIpc) is 2.51. The molecule has 0 bridgehead atoms. The summed E-state index contributed by atoms with van der Waals surface area (Å²) in [6.45, 7) is 2.11. The molecule has 0 saturated heterocycles. The van der Waals surface area contributed by atoms with E-state index in [2.05, 4.69) is 16.9 Å². The lowest BCUT2D eigenvalue weighted by Crippen LogP contribution is -2.22. The molecule has 0 N–H and O–H groups in total. The maximum Gasteiger partial charge on any atom is 0.220 e. The topological polar surface area (TPSA) is 25.2 Å². The summed E-state index contributed by atoms with van der Waals surface area (Å²) in [5, 5.41) is 0.426. The maximum atomic E-state index is 13.9. The molecule has 0 unspecified atom stereocenters. The lowest BCUT2D eigenvalue weighted by molar-refractivity contribution is 0.485. The molecule has 1 aliphatic heterocycles. The first kappa shape index (κ1) is 14.5. The summed E-state index contributed by atoms with van der Waals surface area (Å²) in [5.41, 5.74) is 3.93. The highest BCUT2D eigenvalue weighted by Gasteiger charge is 2.27. The average molecular weight is 321 g/mol. The number of aliphatic imine (C=N–C) groups is 1. The van der Waals surface area contributed by atoms with Gasteiger partial charge in [0.15, 0.2) is 0 Å². The highest BCUT2D eigenvalue weighted by molar-refractivity contribution is 8.12. The zero-order valence-electron chi connectivity index (χ0n) is 11.5. The minimum Gasteiger partial charge on any atom is -0.275 e. The Morgan fingerprint density at radius 3 is 2.95 bits per heavy atom. The third-order valence-electron chi connectivity index (χ3n) is 3.72. The molecule has 3 rings (SSSR count). The van der Waals surface area contributed by atoms with Gasteiger partial charge in [-0.25, -0.2) is 4.98 Å². The van der Waals surface area contributed by atoms with Gasteiger partial charge < -0.3 is 0 Å². The second-order valence-electron chi connectivity index (χ2n) is 5.20. The van der Waals surface area contributed by atoms with Crippen molar-refractivity contribution in [3.63, 3.8) is 0 Å². The summed E-state index contributed by atoms with van der Waals surface area (Å²) in [7, 11) is 0. The van der Waals surface area contributed by atoms with Crippen molar-refractivity contribution in [1.29, 1.82) is 0 Å². The highest BCUT2D eigenvalue weighted by Crippen LogP contribution is 2.36. The van der Waals surface area contributed by atoms with Crippen LogP contribution in [0.4, 0.5) is 4.39 Å². The number of hydrogen-bond acceptors (Lipinski definition) is 3. The molecule has 1 aromatic carbocycles. The summed E-state index contributed by atoms with van der Waals surface area (Å²) in [5.74, 6) is 0.529. The largest absolute Gasteiger partial charge is 0.275 e. The number of nitrogens with zero attached hydrogens (tertiary/aromatic N) is 2. The fraction of sp³-hybridized carbons (Fsp3) is 0.250. The Morgan fingerprint density at radius 1 is 1.33 bits per heavy atom. The molecular weight excluding hydrogens is 307 g/mol. The SMILES string of the molecule is C[C@@]1(c2cccc(-c3cc(Cl)cnc3F)c2)CCSC=N1. The van der Waals surface area contributed by atoms with E-state index < -0.39 is 5.95 Å². The summed E-state index contributed by atoms with van der Waals surface area (Å²) >= 11 is 7.64. The van der Waals surface area contributed by atoms with E-state index in [1.807, 2.05) is 29.8 Å². The number of aromatic nitrogens is 1. The van der Waals surface area contributed by atoms with Crippen molar-refractivity contribution in [2.45, 2.75) is 18.9 Å². The Labute approximate surface area is 132 Å². The van der Waals surface area contributed by atoms with E-state index >= 15 is 0 Å². The molecule has 0 radical (unpaired) electrons. The molecule has 5 heteroatoms. The minimum atomic E-state index is -0.510. The molecule has 2 aromatic rings. The summed E-state index contributed by atoms with van der Waals surface area (Å²) in [6.07, 6.45) is 2.28.